The van der Waals surface area contributed by atoms with Crippen molar-refractivity contribution < 1.29 is 19.1 Å². The van der Waals surface area contributed by atoms with Crippen molar-refractivity contribution in [3.05, 3.63) is 64.3 Å². The van der Waals surface area contributed by atoms with Gasteiger partial charge in [-0.25, -0.2) is 9.78 Å². The standard InChI is InChI=1S/C22H21N5O5S2/c1-4-9-26-18(29)15-8-10-33-17(15)23-21(26)34-12-16(28)25-27-19(30)22(2,24-20(27)31)13-6-5-7-14(11-13)32-3/h4-8,10-11H,1,9,12H2,2-3H3,(H,24,31)(H,25,28)/t22-/m1/s1. The van der Waals surface area contributed by atoms with Gasteiger partial charge in [-0.15, -0.1) is 17.9 Å². The number of nitrogens with one attached hydrogen (secondary N) is 2. The number of hydrazine groups is 1. The molecule has 2 aromatic heterocycles. The lowest BCUT2D eigenvalue weighted by Crippen LogP contribution is -2.48. The summed E-state index contributed by atoms with van der Waals surface area (Å²) in [6.07, 6.45) is 1.57. The van der Waals surface area contributed by atoms with Crippen LogP contribution in [0.15, 0.2) is 58.3 Å². The minimum absolute atomic E-state index is 0.173. The Balaban J connectivity index is 1.49. The summed E-state index contributed by atoms with van der Waals surface area (Å²) in [5.74, 6) is -0.881. The number of hydrogen-bond donors (Lipinski definition) is 2. The average molecular weight is 500 g/mol. The van der Waals surface area contributed by atoms with E-state index in [0.29, 0.717) is 31.7 Å². The van der Waals surface area contributed by atoms with Crippen LogP contribution in [0, 0.1) is 0 Å². The van der Waals surface area contributed by atoms with E-state index >= 15 is 0 Å². The third kappa shape index (κ3) is 4.17. The number of imide groups is 1. The lowest BCUT2D eigenvalue weighted by molar-refractivity contribution is -0.138. The van der Waals surface area contributed by atoms with Gasteiger partial charge in [0.25, 0.3) is 11.5 Å². The van der Waals surface area contributed by atoms with E-state index in [4.69, 9.17) is 4.74 Å². The van der Waals surface area contributed by atoms with Gasteiger partial charge in [-0.2, -0.15) is 5.01 Å². The largest absolute Gasteiger partial charge is 0.497 e. The van der Waals surface area contributed by atoms with Crippen LogP contribution in [0.5, 0.6) is 5.75 Å². The first-order valence-corrected chi connectivity index (χ1v) is 12.0. The molecule has 0 aliphatic carbocycles. The Bertz CT molecular complexity index is 1370. The second kappa shape index (κ2) is 9.31. The van der Waals surface area contributed by atoms with Gasteiger partial charge in [0.1, 0.15) is 16.1 Å². The van der Waals surface area contributed by atoms with Crippen molar-refractivity contribution >= 4 is 51.2 Å². The van der Waals surface area contributed by atoms with Crippen LogP contribution in [0.4, 0.5) is 4.79 Å². The minimum Gasteiger partial charge on any atom is -0.497 e. The molecule has 1 atom stereocenters. The fourth-order valence-electron chi connectivity index (χ4n) is 3.49. The van der Waals surface area contributed by atoms with Crippen LogP contribution in [-0.2, 0) is 21.7 Å². The van der Waals surface area contributed by atoms with Crippen molar-refractivity contribution in [1.29, 1.82) is 0 Å². The van der Waals surface area contributed by atoms with Crippen molar-refractivity contribution in [2.24, 2.45) is 0 Å². The first-order chi connectivity index (χ1) is 16.3. The molecule has 0 bridgehead atoms. The van der Waals surface area contributed by atoms with Crippen LogP contribution in [-0.4, -0.2) is 45.3 Å². The Morgan fingerprint density at radius 2 is 2.15 bits per heavy atom. The number of amides is 4. The van der Waals surface area contributed by atoms with Crippen molar-refractivity contribution in [2.45, 2.75) is 24.2 Å². The number of rotatable bonds is 8. The molecule has 0 radical (unpaired) electrons. The number of thioether (sulfide) groups is 1. The summed E-state index contributed by atoms with van der Waals surface area (Å²) in [5, 5.41) is 5.89. The van der Waals surface area contributed by atoms with Crippen LogP contribution in [0.3, 0.4) is 0 Å². The van der Waals surface area contributed by atoms with Gasteiger partial charge in [0.05, 0.1) is 18.2 Å². The Morgan fingerprint density at radius 3 is 2.88 bits per heavy atom. The molecule has 12 heteroatoms. The summed E-state index contributed by atoms with van der Waals surface area (Å²) < 4.78 is 6.62. The van der Waals surface area contributed by atoms with E-state index in [1.807, 2.05) is 0 Å². The third-order valence-corrected chi connectivity index (χ3v) is 7.05. The molecule has 0 unspecified atom stereocenters. The lowest BCUT2D eigenvalue weighted by Gasteiger charge is -2.22. The van der Waals surface area contributed by atoms with Gasteiger partial charge in [0, 0.05) is 6.54 Å². The molecule has 1 aliphatic rings. The quantitative estimate of drug-likeness (QED) is 0.211. The van der Waals surface area contributed by atoms with Gasteiger partial charge in [0.2, 0.25) is 5.91 Å². The summed E-state index contributed by atoms with van der Waals surface area (Å²) in [4.78, 5) is 55.9. The van der Waals surface area contributed by atoms with Crippen LogP contribution >= 0.6 is 23.1 Å². The molecule has 4 rings (SSSR count). The van der Waals surface area contributed by atoms with E-state index in [-0.39, 0.29) is 17.9 Å². The molecule has 10 nitrogen and oxygen atoms in total. The molecule has 4 amide bonds. The van der Waals surface area contributed by atoms with Crippen molar-refractivity contribution in [3.8, 4) is 5.75 Å². The molecule has 1 aliphatic heterocycles. The SMILES string of the molecule is C=CCn1c(SCC(=O)NN2C(=O)N[C@](C)(c3cccc(OC)c3)C2=O)nc2sccc2c1=O. The maximum absolute atomic E-state index is 13.1. The molecule has 0 spiro atoms. The molecule has 176 valence electrons. The maximum atomic E-state index is 13.1. The number of thiophene rings is 1. The normalized spacial score (nSPS) is 17.6. The highest BCUT2D eigenvalue weighted by atomic mass is 32.2. The van der Waals surface area contributed by atoms with Gasteiger partial charge in [-0.1, -0.05) is 30.0 Å². The fourth-order valence-corrected chi connectivity index (χ4v) is 5.09. The van der Waals surface area contributed by atoms with Gasteiger partial charge in [-0.3, -0.25) is 24.4 Å². The number of hydrogen-bond acceptors (Lipinski definition) is 8. The first kappa shape index (κ1) is 23.5. The number of carbonyl (C=O) groups excluding carboxylic acids is 3. The summed E-state index contributed by atoms with van der Waals surface area (Å²) in [6, 6.07) is 7.70. The van der Waals surface area contributed by atoms with Crippen LogP contribution in [0.25, 0.3) is 10.2 Å². The zero-order valence-corrected chi connectivity index (χ0v) is 20.0. The predicted molar refractivity (Wildman–Crippen MR) is 129 cm³/mol. The zero-order valence-electron chi connectivity index (χ0n) is 18.4. The van der Waals surface area contributed by atoms with Crippen LogP contribution < -0.4 is 21.0 Å². The average Bonchev–Trinajstić information content (AvgIpc) is 3.39. The first-order valence-electron chi connectivity index (χ1n) is 10.1. The summed E-state index contributed by atoms with van der Waals surface area (Å²) in [5.41, 5.74) is 1.26. The number of benzene rings is 1. The van der Waals surface area contributed by atoms with Crippen molar-refractivity contribution in [1.82, 2.24) is 25.3 Å². The zero-order chi connectivity index (χ0) is 24.5. The Labute approximate surface area is 202 Å². The molecule has 3 heterocycles. The van der Waals surface area contributed by atoms with Crippen molar-refractivity contribution in [2.75, 3.05) is 12.9 Å². The molecular formula is C22H21N5O5S2. The van der Waals surface area contributed by atoms with Gasteiger partial charge >= 0.3 is 6.03 Å². The number of methoxy groups -OCH3 is 1. The highest BCUT2D eigenvalue weighted by molar-refractivity contribution is 7.99. The Kier molecular flexibility index (Phi) is 6.44. The molecule has 0 saturated carbocycles. The molecular weight excluding hydrogens is 478 g/mol. The molecule has 2 N–H and O–H groups in total. The number of fused-ring (bicyclic) bond motifs is 1. The topological polar surface area (TPSA) is 123 Å². The number of aromatic nitrogens is 2. The fraction of sp³-hybridized carbons (Fsp3) is 0.227. The smallest absolute Gasteiger partial charge is 0.344 e. The number of nitrogens with zero attached hydrogens (tertiary/aromatic N) is 3. The van der Waals surface area contributed by atoms with E-state index in [1.165, 1.54) is 23.0 Å². The van der Waals surface area contributed by atoms with Gasteiger partial charge in [0.15, 0.2) is 5.16 Å². The third-order valence-electron chi connectivity index (χ3n) is 5.27. The van der Waals surface area contributed by atoms with Gasteiger partial charge < -0.3 is 10.1 Å². The van der Waals surface area contributed by atoms with Crippen LogP contribution in [0.2, 0.25) is 0 Å². The lowest BCUT2D eigenvalue weighted by atomic mass is 9.92. The number of carbonyl (C=O) groups is 3. The summed E-state index contributed by atoms with van der Waals surface area (Å²) in [6.45, 7) is 5.45. The van der Waals surface area contributed by atoms with E-state index in [0.717, 1.165) is 11.8 Å². The second-order valence-corrected chi connectivity index (χ2v) is 9.33. The predicted octanol–water partition coefficient (Wildman–Crippen LogP) is 2.24. The van der Waals surface area contributed by atoms with Crippen molar-refractivity contribution in [3.63, 3.8) is 0 Å². The Morgan fingerprint density at radius 1 is 1.35 bits per heavy atom. The van der Waals surface area contributed by atoms with Gasteiger partial charge in [-0.05, 0) is 36.1 Å². The second-order valence-electron chi connectivity index (χ2n) is 7.49. The molecule has 3 aromatic rings. The highest BCUT2D eigenvalue weighted by Crippen LogP contribution is 2.30. The van der Waals surface area contributed by atoms with E-state index in [1.54, 1.807) is 48.7 Å². The maximum Gasteiger partial charge on any atom is 0.344 e. The number of urea groups is 1. The summed E-state index contributed by atoms with van der Waals surface area (Å²) in [7, 11) is 1.50. The molecule has 1 fully saturated rings. The van der Waals surface area contributed by atoms with E-state index < -0.39 is 23.4 Å². The van der Waals surface area contributed by atoms with E-state index in [2.05, 4.69) is 22.3 Å². The Hall–Kier alpha value is -3.64. The van der Waals surface area contributed by atoms with Crippen LogP contribution in [0.1, 0.15) is 12.5 Å². The summed E-state index contributed by atoms with van der Waals surface area (Å²) >= 11 is 2.35. The number of allylic oxidation sites excluding steroid dienone is 1. The molecule has 34 heavy (non-hydrogen) atoms. The molecule has 1 aromatic carbocycles. The highest BCUT2D eigenvalue weighted by Gasteiger charge is 2.50. The number of ether oxygens (including phenoxy) is 1. The monoisotopic (exact) mass is 499 g/mol. The minimum atomic E-state index is -1.37. The van der Waals surface area contributed by atoms with E-state index in [9.17, 15) is 19.2 Å². The molecule has 1 saturated heterocycles.